The molecule has 108 valence electrons. The van der Waals surface area contributed by atoms with E-state index in [1.165, 1.54) is 28.6 Å². The van der Waals surface area contributed by atoms with Crippen molar-refractivity contribution < 1.29 is 12.8 Å². The number of aromatic nitrogens is 2. The summed E-state index contributed by atoms with van der Waals surface area (Å²) in [6.45, 7) is 4.25. The van der Waals surface area contributed by atoms with E-state index in [9.17, 15) is 13.2 Å². The summed E-state index contributed by atoms with van der Waals surface area (Å²) in [6, 6.07) is 5.65. The molecule has 0 unspecified atom stereocenters. The lowest BCUT2D eigenvalue weighted by molar-refractivity contribution is 0.401. The van der Waals surface area contributed by atoms with Crippen molar-refractivity contribution in [2.75, 3.05) is 13.1 Å². The van der Waals surface area contributed by atoms with Crippen LogP contribution in [0.2, 0.25) is 0 Å². The predicted octanol–water partition coefficient (Wildman–Crippen LogP) is 1.06. The van der Waals surface area contributed by atoms with Gasteiger partial charge in [0.15, 0.2) is 5.76 Å². The standard InChI is InChI=1S/C12H15N3O4S/c1-3-15(4-2)20(17,18)12-8-6-10(19-12)9-5-7-11(16)14-13-9/h5-8H,3-4H2,1-2H3,(H,14,16). The van der Waals surface area contributed by atoms with Gasteiger partial charge in [0.25, 0.3) is 15.6 Å². The minimum absolute atomic E-state index is 0.135. The zero-order chi connectivity index (χ0) is 14.8. The third-order valence-corrected chi connectivity index (χ3v) is 4.74. The molecule has 2 aromatic heterocycles. The van der Waals surface area contributed by atoms with Gasteiger partial charge in [-0.15, -0.1) is 0 Å². The lowest BCUT2D eigenvalue weighted by Crippen LogP contribution is -2.30. The molecule has 20 heavy (non-hydrogen) atoms. The molecule has 2 rings (SSSR count). The molecular weight excluding hydrogens is 282 g/mol. The maximum absolute atomic E-state index is 12.2. The van der Waals surface area contributed by atoms with Gasteiger partial charge in [0.2, 0.25) is 5.09 Å². The summed E-state index contributed by atoms with van der Waals surface area (Å²) in [5.41, 5.74) is 0.0295. The Morgan fingerprint density at radius 1 is 1.20 bits per heavy atom. The topological polar surface area (TPSA) is 96.3 Å². The smallest absolute Gasteiger partial charge is 0.276 e. The lowest BCUT2D eigenvalue weighted by Gasteiger charge is -2.16. The Kier molecular flexibility index (Phi) is 4.05. The number of rotatable bonds is 5. The van der Waals surface area contributed by atoms with Gasteiger partial charge in [-0.3, -0.25) is 4.79 Å². The van der Waals surface area contributed by atoms with Crippen molar-refractivity contribution in [3.63, 3.8) is 0 Å². The van der Waals surface area contributed by atoms with Crippen LogP contribution in [0.15, 0.2) is 38.6 Å². The monoisotopic (exact) mass is 297 g/mol. The fourth-order valence-corrected chi connectivity index (χ4v) is 3.14. The second-order valence-corrected chi connectivity index (χ2v) is 5.88. The molecule has 0 aliphatic heterocycles. The van der Waals surface area contributed by atoms with Crippen molar-refractivity contribution in [3.8, 4) is 11.5 Å². The molecule has 0 aliphatic rings. The minimum atomic E-state index is -3.63. The minimum Gasteiger partial charge on any atom is -0.442 e. The van der Waals surface area contributed by atoms with Crippen LogP contribution >= 0.6 is 0 Å². The molecule has 0 atom stereocenters. The van der Waals surface area contributed by atoms with E-state index >= 15 is 0 Å². The average molecular weight is 297 g/mol. The predicted molar refractivity (Wildman–Crippen MR) is 72.7 cm³/mol. The third-order valence-electron chi connectivity index (χ3n) is 2.81. The summed E-state index contributed by atoms with van der Waals surface area (Å²) in [4.78, 5) is 10.9. The van der Waals surface area contributed by atoms with Gasteiger partial charge in [0.1, 0.15) is 5.69 Å². The summed E-state index contributed by atoms with van der Waals surface area (Å²) in [5.74, 6) is 0.284. The van der Waals surface area contributed by atoms with Crippen molar-refractivity contribution in [2.24, 2.45) is 0 Å². The van der Waals surface area contributed by atoms with Crippen LogP contribution in [0.3, 0.4) is 0 Å². The van der Waals surface area contributed by atoms with Gasteiger partial charge in [-0.2, -0.15) is 9.40 Å². The molecule has 7 nitrogen and oxygen atoms in total. The third kappa shape index (κ3) is 2.66. The molecule has 0 fully saturated rings. The Balaban J connectivity index is 2.38. The number of hydrogen-bond acceptors (Lipinski definition) is 5. The first-order chi connectivity index (χ1) is 9.48. The maximum Gasteiger partial charge on any atom is 0.276 e. The largest absolute Gasteiger partial charge is 0.442 e. The summed E-state index contributed by atoms with van der Waals surface area (Å²) >= 11 is 0. The van der Waals surface area contributed by atoms with Gasteiger partial charge < -0.3 is 4.42 Å². The maximum atomic E-state index is 12.2. The number of nitrogens with one attached hydrogen (secondary N) is 1. The molecule has 0 spiro atoms. The van der Waals surface area contributed by atoms with Gasteiger partial charge in [-0.1, -0.05) is 13.8 Å². The fraction of sp³-hybridized carbons (Fsp3) is 0.333. The highest BCUT2D eigenvalue weighted by Crippen LogP contribution is 2.24. The molecular formula is C12H15N3O4S. The molecule has 0 saturated carbocycles. The molecule has 0 aliphatic carbocycles. The van der Waals surface area contributed by atoms with Crippen LogP contribution < -0.4 is 5.56 Å². The Hall–Kier alpha value is -1.93. The van der Waals surface area contributed by atoms with Crippen molar-refractivity contribution in [1.82, 2.24) is 14.5 Å². The molecule has 0 aromatic carbocycles. The van der Waals surface area contributed by atoms with Gasteiger partial charge in [0, 0.05) is 19.2 Å². The summed E-state index contributed by atoms with van der Waals surface area (Å²) in [7, 11) is -3.63. The quantitative estimate of drug-likeness (QED) is 0.890. The number of H-pyrrole nitrogens is 1. The number of furan rings is 1. The highest BCUT2D eigenvalue weighted by Gasteiger charge is 2.25. The van der Waals surface area contributed by atoms with Gasteiger partial charge in [0.05, 0.1) is 0 Å². The zero-order valence-corrected chi connectivity index (χ0v) is 12.0. The average Bonchev–Trinajstić information content (AvgIpc) is 2.91. The Morgan fingerprint density at radius 3 is 2.45 bits per heavy atom. The molecule has 2 heterocycles. The van der Waals surface area contributed by atoms with Gasteiger partial charge >= 0.3 is 0 Å². The SMILES string of the molecule is CCN(CC)S(=O)(=O)c1ccc(-c2ccc(=O)[nH]n2)o1. The van der Waals surface area contributed by atoms with Crippen LogP contribution in [-0.4, -0.2) is 36.0 Å². The van der Waals surface area contributed by atoms with Crippen LogP contribution in [0.4, 0.5) is 0 Å². The van der Waals surface area contributed by atoms with Crippen LogP contribution in [0.25, 0.3) is 11.5 Å². The molecule has 8 heteroatoms. The van der Waals surface area contributed by atoms with Crippen molar-refractivity contribution in [1.29, 1.82) is 0 Å². The van der Waals surface area contributed by atoms with Gasteiger partial charge in [-0.05, 0) is 18.2 Å². The van der Waals surface area contributed by atoms with Crippen LogP contribution in [0.5, 0.6) is 0 Å². The van der Waals surface area contributed by atoms with Crippen molar-refractivity contribution >= 4 is 10.0 Å². The van der Waals surface area contributed by atoms with Gasteiger partial charge in [-0.25, -0.2) is 13.5 Å². The molecule has 0 radical (unpaired) electrons. The van der Waals surface area contributed by atoms with E-state index < -0.39 is 10.0 Å². The first-order valence-corrected chi connectivity index (χ1v) is 7.59. The zero-order valence-electron chi connectivity index (χ0n) is 11.2. The van der Waals surface area contributed by atoms with Crippen LogP contribution in [-0.2, 0) is 10.0 Å². The van der Waals surface area contributed by atoms with E-state index in [0.717, 1.165) is 0 Å². The Morgan fingerprint density at radius 2 is 1.90 bits per heavy atom. The number of hydrogen-bond donors (Lipinski definition) is 1. The first-order valence-electron chi connectivity index (χ1n) is 6.15. The number of nitrogens with zero attached hydrogens (tertiary/aromatic N) is 2. The molecule has 0 bridgehead atoms. The molecule has 0 saturated heterocycles. The summed E-state index contributed by atoms with van der Waals surface area (Å²) in [5, 5.41) is 5.92. The highest BCUT2D eigenvalue weighted by atomic mass is 32.2. The Labute approximate surface area is 116 Å². The van der Waals surface area contributed by atoms with E-state index in [-0.39, 0.29) is 16.4 Å². The second kappa shape index (κ2) is 5.59. The number of aromatic amines is 1. The van der Waals surface area contributed by atoms with E-state index in [2.05, 4.69) is 10.2 Å². The summed E-state index contributed by atoms with van der Waals surface area (Å²) < 4.78 is 31.1. The second-order valence-electron chi connectivity index (χ2n) is 4.01. The van der Waals surface area contributed by atoms with Crippen molar-refractivity contribution in [2.45, 2.75) is 18.9 Å². The highest BCUT2D eigenvalue weighted by molar-refractivity contribution is 7.89. The molecule has 0 amide bonds. The summed E-state index contributed by atoms with van der Waals surface area (Å²) in [6.07, 6.45) is 0. The lowest BCUT2D eigenvalue weighted by atomic mass is 10.3. The van der Waals surface area contributed by atoms with E-state index in [4.69, 9.17) is 4.42 Å². The van der Waals surface area contributed by atoms with E-state index in [0.29, 0.717) is 18.8 Å². The molecule has 1 N–H and O–H groups in total. The fourth-order valence-electron chi connectivity index (χ4n) is 1.77. The van der Waals surface area contributed by atoms with E-state index in [1.54, 1.807) is 13.8 Å². The Bertz CT molecular complexity index is 724. The first kappa shape index (κ1) is 14.5. The normalized spacial score (nSPS) is 11.9. The van der Waals surface area contributed by atoms with E-state index in [1.807, 2.05) is 0 Å². The van der Waals surface area contributed by atoms with Crippen LogP contribution in [0.1, 0.15) is 13.8 Å². The molecule has 2 aromatic rings. The van der Waals surface area contributed by atoms with Crippen LogP contribution in [0, 0.1) is 0 Å². The van der Waals surface area contributed by atoms with Crippen molar-refractivity contribution in [3.05, 3.63) is 34.6 Å². The number of sulfonamides is 1.